The van der Waals surface area contributed by atoms with E-state index in [1.54, 1.807) is 0 Å². The molecule has 1 N–H and O–H groups in total. The molecule has 0 spiro atoms. The van der Waals surface area contributed by atoms with Gasteiger partial charge in [0.1, 0.15) is 0 Å². The minimum absolute atomic E-state index is 0.482. The van der Waals surface area contributed by atoms with Crippen LogP contribution in [-0.4, -0.2) is 17.5 Å². The molecule has 1 aliphatic heterocycles. The highest BCUT2D eigenvalue weighted by atomic mass is 32.2. The summed E-state index contributed by atoms with van der Waals surface area (Å²) in [6.07, 6.45) is 1.27. The van der Waals surface area contributed by atoms with Gasteiger partial charge in [-0.3, -0.25) is 0 Å². The Bertz CT molecular complexity index is 308. The van der Waals surface area contributed by atoms with E-state index in [1.807, 2.05) is 0 Å². The van der Waals surface area contributed by atoms with Crippen LogP contribution in [-0.2, 0) is 0 Å². The lowest BCUT2D eigenvalue weighted by molar-refractivity contribution is 0.358. The summed E-state index contributed by atoms with van der Waals surface area (Å²) in [5, 5.41) is 3.62. The zero-order valence-electron chi connectivity index (χ0n) is 9.49. The van der Waals surface area contributed by atoms with Crippen LogP contribution in [0.5, 0.6) is 0 Å². The van der Waals surface area contributed by atoms with E-state index in [9.17, 15) is 0 Å². The van der Waals surface area contributed by atoms with Crippen LogP contribution in [0, 0.1) is 5.41 Å². The van der Waals surface area contributed by atoms with Crippen molar-refractivity contribution in [2.24, 2.45) is 5.41 Å². The number of hydrogen-bond donors (Lipinski definition) is 1. The highest BCUT2D eigenvalue weighted by molar-refractivity contribution is 7.99. The minimum atomic E-state index is 0.482. The molecule has 0 bridgehead atoms. The number of rotatable bonds is 2. The number of benzene rings is 1. The molecule has 1 heterocycles. The lowest BCUT2D eigenvalue weighted by Gasteiger charge is -2.35. The maximum absolute atomic E-state index is 3.62. The maximum Gasteiger partial charge on any atom is 0.0357 e. The molecule has 1 aromatic carbocycles. The first-order chi connectivity index (χ1) is 7.16. The van der Waals surface area contributed by atoms with E-state index in [0.717, 1.165) is 0 Å². The van der Waals surface area contributed by atoms with E-state index in [0.29, 0.717) is 11.5 Å². The van der Waals surface area contributed by atoms with Crippen LogP contribution in [0.15, 0.2) is 30.3 Å². The molecule has 0 aromatic heterocycles. The van der Waals surface area contributed by atoms with Crippen molar-refractivity contribution in [3.8, 4) is 0 Å². The van der Waals surface area contributed by atoms with Crippen molar-refractivity contribution in [2.45, 2.75) is 26.3 Å². The van der Waals surface area contributed by atoms with Crippen molar-refractivity contribution in [3.05, 3.63) is 30.3 Å². The van der Waals surface area contributed by atoms with Gasteiger partial charge in [-0.05, 0) is 29.7 Å². The van der Waals surface area contributed by atoms with Gasteiger partial charge in [0, 0.05) is 17.5 Å². The number of thioether (sulfide) groups is 1. The molecule has 1 aromatic rings. The van der Waals surface area contributed by atoms with E-state index in [4.69, 9.17) is 0 Å². The summed E-state index contributed by atoms with van der Waals surface area (Å²) >= 11 is 2.07. The van der Waals surface area contributed by atoms with Gasteiger partial charge < -0.3 is 5.32 Å². The first-order valence-corrected chi connectivity index (χ1v) is 6.71. The van der Waals surface area contributed by atoms with Crippen molar-refractivity contribution in [1.82, 2.24) is 0 Å². The van der Waals surface area contributed by atoms with Gasteiger partial charge in [0.15, 0.2) is 0 Å². The average molecular weight is 221 g/mol. The maximum atomic E-state index is 3.62. The Hall–Kier alpha value is -0.630. The van der Waals surface area contributed by atoms with Gasteiger partial charge in [-0.15, -0.1) is 0 Å². The zero-order chi connectivity index (χ0) is 10.7. The molecule has 1 atom stereocenters. The van der Waals surface area contributed by atoms with E-state index in [-0.39, 0.29) is 0 Å². The number of anilines is 1. The van der Waals surface area contributed by atoms with Gasteiger partial charge in [0.2, 0.25) is 0 Å². The zero-order valence-corrected chi connectivity index (χ0v) is 10.3. The van der Waals surface area contributed by atoms with Crippen LogP contribution in [0.2, 0.25) is 0 Å². The second-order valence-corrected chi connectivity index (χ2v) is 6.12. The van der Waals surface area contributed by atoms with Gasteiger partial charge in [0.25, 0.3) is 0 Å². The first kappa shape index (κ1) is 10.9. The third-order valence-electron chi connectivity index (χ3n) is 2.76. The molecule has 1 saturated heterocycles. The largest absolute Gasteiger partial charge is 0.381 e. The fourth-order valence-corrected chi connectivity index (χ4v) is 3.40. The van der Waals surface area contributed by atoms with E-state index in [1.165, 1.54) is 23.6 Å². The Morgan fingerprint density at radius 3 is 2.67 bits per heavy atom. The molecule has 2 rings (SSSR count). The van der Waals surface area contributed by atoms with Crippen molar-refractivity contribution in [1.29, 1.82) is 0 Å². The molecule has 0 amide bonds. The van der Waals surface area contributed by atoms with Crippen molar-refractivity contribution in [2.75, 3.05) is 16.8 Å². The second kappa shape index (κ2) is 4.48. The fourth-order valence-electron chi connectivity index (χ4n) is 2.13. The van der Waals surface area contributed by atoms with E-state index >= 15 is 0 Å². The summed E-state index contributed by atoms with van der Waals surface area (Å²) in [7, 11) is 0. The highest BCUT2D eigenvalue weighted by Gasteiger charge is 2.28. The lowest BCUT2D eigenvalue weighted by atomic mass is 9.88. The van der Waals surface area contributed by atoms with Crippen molar-refractivity contribution < 1.29 is 0 Å². The molecular weight excluding hydrogens is 202 g/mol. The van der Waals surface area contributed by atoms with Gasteiger partial charge in [-0.25, -0.2) is 0 Å². The Labute approximate surface area is 96.7 Å². The highest BCUT2D eigenvalue weighted by Crippen LogP contribution is 2.34. The van der Waals surface area contributed by atoms with Crippen molar-refractivity contribution in [3.63, 3.8) is 0 Å². The SMILES string of the molecule is CC1(C)CSCC(Nc2ccccc2)C1. The van der Waals surface area contributed by atoms with Crippen LogP contribution >= 0.6 is 11.8 Å². The molecule has 0 radical (unpaired) electrons. The van der Waals surface area contributed by atoms with Gasteiger partial charge in [0.05, 0.1) is 0 Å². The van der Waals surface area contributed by atoms with Crippen LogP contribution in [0.1, 0.15) is 20.3 Å². The molecule has 2 heteroatoms. The average Bonchev–Trinajstić information content (AvgIpc) is 2.17. The molecule has 0 saturated carbocycles. The summed E-state index contributed by atoms with van der Waals surface area (Å²) in [5.41, 5.74) is 1.73. The molecule has 0 aliphatic carbocycles. The number of nitrogens with one attached hydrogen (secondary N) is 1. The molecular formula is C13H19NS. The van der Waals surface area contributed by atoms with E-state index in [2.05, 4.69) is 61.3 Å². The number of para-hydroxylation sites is 1. The summed E-state index contributed by atoms with van der Waals surface area (Å²) in [4.78, 5) is 0. The summed E-state index contributed by atoms with van der Waals surface area (Å²) in [6.45, 7) is 4.72. The minimum Gasteiger partial charge on any atom is -0.381 e. The molecule has 1 fully saturated rings. The van der Waals surface area contributed by atoms with Crippen LogP contribution < -0.4 is 5.32 Å². The quantitative estimate of drug-likeness (QED) is 0.818. The Balaban J connectivity index is 1.95. The molecule has 1 unspecified atom stereocenters. The molecule has 82 valence electrons. The van der Waals surface area contributed by atoms with Crippen LogP contribution in [0.3, 0.4) is 0 Å². The van der Waals surface area contributed by atoms with E-state index < -0.39 is 0 Å². The smallest absolute Gasteiger partial charge is 0.0357 e. The second-order valence-electron chi connectivity index (χ2n) is 5.09. The topological polar surface area (TPSA) is 12.0 Å². The summed E-state index contributed by atoms with van der Waals surface area (Å²) in [5.74, 6) is 2.53. The predicted molar refractivity (Wildman–Crippen MR) is 69.6 cm³/mol. The lowest BCUT2D eigenvalue weighted by Crippen LogP contribution is -2.35. The van der Waals surface area contributed by atoms with Crippen LogP contribution in [0.4, 0.5) is 5.69 Å². The van der Waals surface area contributed by atoms with Gasteiger partial charge in [-0.2, -0.15) is 11.8 Å². The predicted octanol–water partition coefficient (Wildman–Crippen LogP) is 3.63. The summed E-state index contributed by atoms with van der Waals surface area (Å²) < 4.78 is 0. The summed E-state index contributed by atoms with van der Waals surface area (Å²) in [6, 6.07) is 11.2. The van der Waals surface area contributed by atoms with Gasteiger partial charge in [-0.1, -0.05) is 32.0 Å². The normalized spacial score (nSPS) is 24.8. The Morgan fingerprint density at radius 1 is 1.27 bits per heavy atom. The monoisotopic (exact) mass is 221 g/mol. The molecule has 15 heavy (non-hydrogen) atoms. The fraction of sp³-hybridized carbons (Fsp3) is 0.538. The van der Waals surface area contributed by atoms with Crippen LogP contribution in [0.25, 0.3) is 0 Å². The standard InChI is InChI=1S/C13H19NS/c1-13(2)8-12(9-15-10-13)14-11-6-4-3-5-7-11/h3-7,12,14H,8-10H2,1-2H3. The Morgan fingerprint density at radius 2 is 2.00 bits per heavy atom. The number of hydrogen-bond acceptors (Lipinski definition) is 2. The van der Waals surface area contributed by atoms with Gasteiger partial charge >= 0.3 is 0 Å². The molecule has 1 nitrogen and oxygen atoms in total. The third kappa shape index (κ3) is 3.16. The Kier molecular flexibility index (Phi) is 3.25. The van der Waals surface area contributed by atoms with Crippen molar-refractivity contribution >= 4 is 17.4 Å². The third-order valence-corrected chi connectivity index (χ3v) is 4.38. The first-order valence-electron chi connectivity index (χ1n) is 5.55. The molecule has 1 aliphatic rings.